The van der Waals surface area contributed by atoms with Gasteiger partial charge in [-0.2, -0.15) is 0 Å². The highest BCUT2D eigenvalue weighted by atomic mass is 32.2. The van der Waals surface area contributed by atoms with Gasteiger partial charge in [-0.05, 0) is 66.6 Å². The third kappa shape index (κ3) is 4.79. The summed E-state index contributed by atoms with van der Waals surface area (Å²) in [7, 11) is -2.35. The first kappa shape index (κ1) is 21.9. The molecule has 0 radical (unpaired) electrons. The predicted molar refractivity (Wildman–Crippen MR) is 125 cm³/mol. The molecule has 1 amide bonds. The number of fused-ring (bicyclic) bond motifs is 1. The van der Waals surface area contributed by atoms with Gasteiger partial charge in [0.05, 0.1) is 28.8 Å². The summed E-state index contributed by atoms with van der Waals surface area (Å²) < 4.78 is 31.9. The molecular weight excluding hydrogens is 446 g/mol. The van der Waals surface area contributed by atoms with Crippen LogP contribution in [0.3, 0.4) is 0 Å². The van der Waals surface area contributed by atoms with Crippen molar-refractivity contribution in [2.75, 3.05) is 17.8 Å². The summed E-state index contributed by atoms with van der Waals surface area (Å²) in [6.45, 7) is 2.18. The summed E-state index contributed by atoms with van der Waals surface area (Å²) >= 11 is 1.36. The molecule has 9 heteroatoms. The van der Waals surface area contributed by atoms with Crippen molar-refractivity contribution in [2.24, 2.45) is 0 Å². The Kier molecular flexibility index (Phi) is 6.20. The number of sulfone groups is 1. The predicted octanol–water partition coefficient (Wildman–Crippen LogP) is 4.02. The van der Waals surface area contributed by atoms with Gasteiger partial charge in [0.15, 0.2) is 15.0 Å². The second kappa shape index (κ2) is 9.05. The Bertz CT molecular complexity index is 1350. The zero-order valence-electron chi connectivity index (χ0n) is 17.6. The van der Waals surface area contributed by atoms with Gasteiger partial charge in [0.1, 0.15) is 11.5 Å². The summed E-state index contributed by atoms with van der Waals surface area (Å²) in [6.07, 6.45) is 3.27. The smallest absolute Gasteiger partial charge is 0.244 e. The van der Waals surface area contributed by atoms with Crippen molar-refractivity contribution in [3.8, 4) is 5.75 Å². The summed E-state index contributed by atoms with van der Waals surface area (Å²) in [5, 5.41) is 0.456. The summed E-state index contributed by atoms with van der Waals surface area (Å²) in [4.78, 5) is 23.4. The SMILES string of the molecule is COc1ccc(S(=O)(=O)CC(=O)N(Cc2ccncc2)c2nc3ccc(C)cc3s2)cc1. The number of thiazole rings is 1. The maximum atomic E-state index is 13.3. The van der Waals surface area contributed by atoms with Crippen molar-refractivity contribution in [1.82, 2.24) is 9.97 Å². The maximum absolute atomic E-state index is 13.3. The van der Waals surface area contributed by atoms with Crippen LogP contribution in [-0.4, -0.2) is 37.2 Å². The van der Waals surface area contributed by atoms with E-state index in [4.69, 9.17) is 4.74 Å². The molecule has 0 unspecified atom stereocenters. The molecule has 0 atom stereocenters. The lowest BCUT2D eigenvalue weighted by Gasteiger charge is -2.20. The minimum absolute atomic E-state index is 0.0652. The highest BCUT2D eigenvalue weighted by Crippen LogP contribution is 2.31. The minimum atomic E-state index is -3.85. The molecule has 164 valence electrons. The lowest BCUT2D eigenvalue weighted by Crippen LogP contribution is -2.35. The zero-order valence-corrected chi connectivity index (χ0v) is 19.2. The molecule has 0 saturated carbocycles. The molecule has 0 aliphatic heterocycles. The Morgan fingerprint density at radius 2 is 1.78 bits per heavy atom. The van der Waals surface area contributed by atoms with Crippen LogP contribution >= 0.6 is 11.3 Å². The van der Waals surface area contributed by atoms with E-state index in [9.17, 15) is 13.2 Å². The van der Waals surface area contributed by atoms with E-state index in [0.29, 0.717) is 10.9 Å². The standard InChI is InChI=1S/C23H21N3O4S2/c1-16-3-8-20-21(13-16)31-23(25-20)26(14-17-9-11-24-12-10-17)22(27)15-32(28,29)19-6-4-18(30-2)5-7-19/h3-13H,14-15H2,1-2H3. The fraction of sp³-hybridized carbons (Fsp3) is 0.174. The number of nitrogens with zero attached hydrogens (tertiary/aromatic N) is 3. The number of ether oxygens (including phenoxy) is 1. The van der Waals surface area contributed by atoms with E-state index in [0.717, 1.165) is 21.3 Å². The zero-order chi connectivity index (χ0) is 22.7. The van der Waals surface area contributed by atoms with Gasteiger partial charge in [-0.1, -0.05) is 17.4 Å². The van der Waals surface area contributed by atoms with E-state index in [2.05, 4.69) is 9.97 Å². The molecule has 0 aliphatic carbocycles. The second-order valence-corrected chi connectivity index (χ2v) is 10.2. The first-order chi connectivity index (χ1) is 15.4. The number of hydrogen-bond donors (Lipinski definition) is 0. The van der Waals surface area contributed by atoms with Crippen molar-refractivity contribution in [1.29, 1.82) is 0 Å². The van der Waals surface area contributed by atoms with E-state index in [1.54, 1.807) is 36.7 Å². The molecule has 2 heterocycles. The number of aryl methyl sites for hydroxylation is 1. The van der Waals surface area contributed by atoms with Crippen LogP contribution in [0.1, 0.15) is 11.1 Å². The third-order valence-corrected chi connectivity index (χ3v) is 7.55. The monoisotopic (exact) mass is 467 g/mol. The van der Waals surface area contributed by atoms with Crippen molar-refractivity contribution in [2.45, 2.75) is 18.4 Å². The van der Waals surface area contributed by atoms with Gasteiger partial charge in [0.2, 0.25) is 5.91 Å². The number of carbonyl (C=O) groups is 1. The molecule has 0 saturated heterocycles. The summed E-state index contributed by atoms with van der Waals surface area (Å²) in [5.41, 5.74) is 2.67. The number of benzene rings is 2. The van der Waals surface area contributed by atoms with Crippen LogP contribution in [0.4, 0.5) is 5.13 Å². The lowest BCUT2D eigenvalue weighted by atomic mass is 10.2. The van der Waals surface area contributed by atoms with Crippen LogP contribution < -0.4 is 9.64 Å². The van der Waals surface area contributed by atoms with E-state index < -0.39 is 21.5 Å². The average molecular weight is 468 g/mol. The number of amides is 1. The number of methoxy groups -OCH3 is 1. The molecule has 0 N–H and O–H groups in total. The highest BCUT2D eigenvalue weighted by molar-refractivity contribution is 7.92. The minimum Gasteiger partial charge on any atom is -0.497 e. The Balaban J connectivity index is 1.67. The molecular formula is C23H21N3O4S2. The van der Waals surface area contributed by atoms with E-state index in [-0.39, 0.29) is 11.4 Å². The van der Waals surface area contributed by atoms with Gasteiger partial charge in [-0.15, -0.1) is 0 Å². The van der Waals surface area contributed by atoms with Crippen LogP contribution in [0.15, 0.2) is 71.9 Å². The molecule has 0 fully saturated rings. The normalized spacial score (nSPS) is 11.4. The fourth-order valence-electron chi connectivity index (χ4n) is 3.18. The van der Waals surface area contributed by atoms with E-state index >= 15 is 0 Å². The molecule has 4 rings (SSSR count). The number of aromatic nitrogens is 2. The highest BCUT2D eigenvalue weighted by Gasteiger charge is 2.27. The number of anilines is 1. The Hall–Kier alpha value is -3.30. The van der Waals surface area contributed by atoms with Gasteiger partial charge in [0.25, 0.3) is 0 Å². The lowest BCUT2D eigenvalue weighted by molar-refractivity contribution is -0.116. The Morgan fingerprint density at radius 1 is 1.06 bits per heavy atom. The van der Waals surface area contributed by atoms with Crippen LogP contribution in [0, 0.1) is 6.92 Å². The molecule has 4 aromatic rings. The van der Waals surface area contributed by atoms with Crippen LogP contribution in [0.5, 0.6) is 5.75 Å². The van der Waals surface area contributed by atoms with Crippen LogP contribution in [0.25, 0.3) is 10.2 Å². The van der Waals surface area contributed by atoms with Crippen molar-refractivity contribution < 1.29 is 17.9 Å². The largest absolute Gasteiger partial charge is 0.497 e. The molecule has 0 aliphatic rings. The average Bonchev–Trinajstić information content (AvgIpc) is 3.20. The number of carbonyl (C=O) groups excluding carboxylic acids is 1. The van der Waals surface area contributed by atoms with Gasteiger partial charge < -0.3 is 4.74 Å². The van der Waals surface area contributed by atoms with Crippen LogP contribution in [0.2, 0.25) is 0 Å². The first-order valence-corrected chi connectivity index (χ1v) is 12.3. The van der Waals surface area contributed by atoms with Gasteiger partial charge >= 0.3 is 0 Å². The molecule has 32 heavy (non-hydrogen) atoms. The van der Waals surface area contributed by atoms with E-state index in [1.807, 2.05) is 25.1 Å². The number of pyridine rings is 1. The summed E-state index contributed by atoms with van der Waals surface area (Å²) in [6, 6.07) is 15.4. The third-order valence-electron chi connectivity index (χ3n) is 4.89. The number of rotatable bonds is 7. The summed E-state index contributed by atoms with van der Waals surface area (Å²) in [5.74, 6) is -0.674. The number of hydrogen-bond acceptors (Lipinski definition) is 7. The molecule has 0 spiro atoms. The Morgan fingerprint density at radius 3 is 2.47 bits per heavy atom. The molecule has 2 aromatic carbocycles. The molecule has 2 aromatic heterocycles. The quantitative estimate of drug-likeness (QED) is 0.408. The van der Waals surface area contributed by atoms with E-state index in [1.165, 1.54) is 35.5 Å². The second-order valence-electron chi connectivity index (χ2n) is 7.24. The first-order valence-electron chi connectivity index (χ1n) is 9.79. The van der Waals surface area contributed by atoms with Gasteiger partial charge in [0, 0.05) is 12.4 Å². The van der Waals surface area contributed by atoms with Crippen molar-refractivity contribution in [3.63, 3.8) is 0 Å². The van der Waals surface area contributed by atoms with Gasteiger partial charge in [-0.3, -0.25) is 14.7 Å². The van der Waals surface area contributed by atoms with Crippen molar-refractivity contribution >= 4 is 42.4 Å². The topological polar surface area (TPSA) is 89.5 Å². The van der Waals surface area contributed by atoms with Crippen molar-refractivity contribution in [3.05, 3.63) is 78.1 Å². The van der Waals surface area contributed by atoms with Crippen LogP contribution in [-0.2, 0) is 21.2 Å². The fourth-order valence-corrected chi connectivity index (χ4v) is 5.45. The molecule has 7 nitrogen and oxygen atoms in total. The molecule has 0 bridgehead atoms. The Labute approximate surface area is 190 Å². The maximum Gasteiger partial charge on any atom is 0.244 e. The van der Waals surface area contributed by atoms with Gasteiger partial charge in [-0.25, -0.2) is 13.4 Å².